The van der Waals surface area contributed by atoms with Crippen LogP contribution in [-0.2, 0) is 0 Å². The van der Waals surface area contributed by atoms with Crippen molar-refractivity contribution in [3.05, 3.63) is 62.6 Å². The van der Waals surface area contributed by atoms with E-state index in [4.69, 9.17) is 35.4 Å². The Hall–Kier alpha value is -1.89. The molecule has 0 aliphatic heterocycles. The first kappa shape index (κ1) is 15.5. The van der Waals surface area contributed by atoms with Crippen molar-refractivity contribution in [2.45, 2.75) is 0 Å². The van der Waals surface area contributed by atoms with Gasteiger partial charge in [-0.15, -0.1) is 0 Å². The number of nitrogens with one attached hydrogen (secondary N) is 2. The summed E-state index contributed by atoms with van der Waals surface area (Å²) >= 11 is 17.0. The van der Waals surface area contributed by atoms with E-state index in [-0.39, 0.29) is 5.69 Å². The van der Waals surface area contributed by atoms with Crippen LogP contribution in [0.2, 0.25) is 10.0 Å². The van der Waals surface area contributed by atoms with Crippen LogP contribution in [0.3, 0.4) is 0 Å². The first-order valence-corrected chi connectivity index (χ1v) is 6.89. The molecule has 108 valence electrons. The number of nitro groups is 1. The minimum Gasteiger partial charge on any atom is -0.332 e. The van der Waals surface area contributed by atoms with E-state index in [0.717, 1.165) is 0 Å². The number of non-ortho nitro benzene ring substituents is 1. The third kappa shape index (κ3) is 4.29. The van der Waals surface area contributed by atoms with Crippen LogP contribution in [0.5, 0.6) is 0 Å². The fourth-order valence-electron chi connectivity index (χ4n) is 1.54. The van der Waals surface area contributed by atoms with Gasteiger partial charge in [0.15, 0.2) is 5.11 Å². The van der Waals surface area contributed by atoms with Gasteiger partial charge in [0.2, 0.25) is 0 Å². The molecular formula is C13H9Cl2N3O2S. The molecule has 0 spiro atoms. The van der Waals surface area contributed by atoms with Crippen molar-refractivity contribution in [2.24, 2.45) is 0 Å². The maximum absolute atomic E-state index is 10.6. The monoisotopic (exact) mass is 341 g/mol. The Morgan fingerprint density at radius 3 is 2.38 bits per heavy atom. The van der Waals surface area contributed by atoms with Gasteiger partial charge < -0.3 is 10.6 Å². The first-order valence-electron chi connectivity index (χ1n) is 5.73. The first-order chi connectivity index (χ1) is 9.95. The molecule has 0 radical (unpaired) electrons. The Bertz CT molecular complexity index is 692. The summed E-state index contributed by atoms with van der Waals surface area (Å²) in [5.74, 6) is 0. The van der Waals surface area contributed by atoms with Crippen LogP contribution in [0.25, 0.3) is 0 Å². The maximum Gasteiger partial charge on any atom is 0.269 e. The molecule has 0 heterocycles. The number of benzene rings is 2. The van der Waals surface area contributed by atoms with E-state index in [0.29, 0.717) is 26.5 Å². The van der Waals surface area contributed by atoms with Crippen molar-refractivity contribution in [1.82, 2.24) is 0 Å². The maximum atomic E-state index is 10.6. The molecule has 0 fully saturated rings. The number of thiocarbonyl (C=S) groups is 1. The van der Waals surface area contributed by atoms with Gasteiger partial charge in [-0.1, -0.05) is 23.2 Å². The average Bonchev–Trinajstić information content (AvgIpc) is 2.43. The minimum absolute atomic E-state index is 0.0114. The highest BCUT2D eigenvalue weighted by atomic mass is 35.5. The molecule has 0 saturated heterocycles. The van der Waals surface area contributed by atoms with Gasteiger partial charge in [-0.25, -0.2) is 0 Å². The van der Waals surface area contributed by atoms with Crippen molar-refractivity contribution in [3.63, 3.8) is 0 Å². The van der Waals surface area contributed by atoms with Gasteiger partial charge in [0.25, 0.3) is 5.69 Å². The summed E-state index contributed by atoms with van der Waals surface area (Å²) in [4.78, 5) is 10.1. The van der Waals surface area contributed by atoms with Crippen LogP contribution in [0.4, 0.5) is 17.1 Å². The zero-order valence-electron chi connectivity index (χ0n) is 10.5. The predicted molar refractivity (Wildman–Crippen MR) is 89.4 cm³/mol. The van der Waals surface area contributed by atoms with E-state index in [2.05, 4.69) is 10.6 Å². The largest absolute Gasteiger partial charge is 0.332 e. The van der Waals surface area contributed by atoms with Crippen LogP contribution >= 0.6 is 35.4 Å². The van der Waals surface area contributed by atoms with Gasteiger partial charge in [-0.2, -0.15) is 0 Å². The molecule has 0 bridgehead atoms. The van der Waals surface area contributed by atoms with Crippen molar-refractivity contribution in [1.29, 1.82) is 0 Å². The smallest absolute Gasteiger partial charge is 0.269 e. The highest BCUT2D eigenvalue weighted by molar-refractivity contribution is 7.80. The Balaban J connectivity index is 2.04. The summed E-state index contributed by atoms with van der Waals surface area (Å²) in [6, 6.07) is 10.9. The van der Waals surface area contributed by atoms with Crippen LogP contribution in [0.15, 0.2) is 42.5 Å². The Morgan fingerprint density at radius 2 is 1.76 bits per heavy atom. The molecule has 0 saturated carbocycles. The molecule has 0 amide bonds. The highest BCUT2D eigenvalue weighted by Gasteiger charge is 2.06. The van der Waals surface area contributed by atoms with Crippen molar-refractivity contribution < 1.29 is 4.92 Å². The van der Waals surface area contributed by atoms with E-state index >= 15 is 0 Å². The van der Waals surface area contributed by atoms with Gasteiger partial charge >= 0.3 is 0 Å². The Labute approximate surface area is 136 Å². The van der Waals surface area contributed by atoms with Crippen molar-refractivity contribution in [2.75, 3.05) is 10.6 Å². The Morgan fingerprint density at radius 1 is 1.10 bits per heavy atom. The van der Waals surface area contributed by atoms with Crippen LogP contribution in [0.1, 0.15) is 0 Å². The van der Waals surface area contributed by atoms with E-state index in [1.807, 2.05) is 0 Å². The van der Waals surface area contributed by atoms with Gasteiger partial charge in [-0.3, -0.25) is 10.1 Å². The minimum atomic E-state index is -0.466. The summed E-state index contributed by atoms with van der Waals surface area (Å²) < 4.78 is 0. The number of hydrogen-bond acceptors (Lipinski definition) is 3. The van der Waals surface area contributed by atoms with Crippen molar-refractivity contribution in [3.8, 4) is 0 Å². The molecule has 2 N–H and O–H groups in total. The lowest BCUT2D eigenvalue weighted by molar-refractivity contribution is -0.384. The molecule has 21 heavy (non-hydrogen) atoms. The topological polar surface area (TPSA) is 67.2 Å². The molecule has 0 atom stereocenters. The molecule has 0 unspecified atom stereocenters. The molecule has 8 heteroatoms. The lowest BCUT2D eigenvalue weighted by atomic mass is 10.3. The molecule has 2 aromatic rings. The summed E-state index contributed by atoms with van der Waals surface area (Å²) in [6.07, 6.45) is 0. The van der Waals surface area contributed by atoms with E-state index < -0.39 is 4.92 Å². The number of hydrogen-bond donors (Lipinski definition) is 2. The second-order valence-corrected chi connectivity index (χ2v) is 5.26. The molecular weight excluding hydrogens is 333 g/mol. The van der Waals surface area contributed by atoms with E-state index in [1.54, 1.807) is 30.3 Å². The fraction of sp³-hybridized carbons (Fsp3) is 0. The van der Waals surface area contributed by atoms with E-state index in [9.17, 15) is 10.1 Å². The number of nitro benzene ring substituents is 1. The lowest BCUT2D eigenvalue weighted by Crippen LogP contribution is -2.19. The fourth-order valence-corrected chi connectivity index (χ4v) is 2.11. The quantitative estimate of drug-likeness (QED) is 0.480. The molecule has 2 aromatic carbocycles. The number of nitrogens with zero attached hydrogens (tertiary/aromatic N) is 1. The zero-order chi connectivity index (χ0) is 15.4. The van der Waals surface area contributed by atoms with Gasteiger partial charge in [0.05, 0.1) is 15.6 Å². The summed E-state index contributed by atoms with van der Waals surface area (Å²) in [6.45, 7) is 0. The van der Waals surface area contributed by atoms with Crippen LogP contribution in [0, 0.1) is 10.1 Å². The summed E-state index contributed by atoms with van der Waals surface area (Å²) in [5.41, 5.74) is 1.21. The molecule has 0 aliphatic rings. The SMILES string of the molecule is O=[N+]([O-])c1ccc(NC(=S)Nc2cc(Cl)ccc2Cl)cc1. The van der Waals surface area contributed by atoms with Gasteiger partial charge in [0, 0.05) is 22.8 Å². The van der Waals surface area contributed by atoms with Gasteiger partial charge in [-0.05, 0) is 42.5 Å². The van der Waals surface area contributed by atoms with Crippen LogP contribution < -0.4 is 10.6 Å². The van der Waals surface area contributed by atoms with Gasteiger partial charge in [0.1, 0.15) is 0 Å². The second kappa shape index (κ2) is 6.71. The second-order valence-electron chi connectivity index (χ2n) is 4.01. The standard InChI is InChI=1S/C13H9Cl2N3O2S/c14-8-1-6-11(15)12(7-8)17-13(21)16-9-2-4-10(5-3-9)18(19)20/h1-7H,(H2,16,17,21). The molecule has 0 aliphatic carbocycles. The van der Waals surface area contributed by atoms with E-state index in [1.165, 1.54) is 12.1 Å². The number of anilines is 2. The molecule has 2 rings (SSSR count). The third-order valence-electron chi connectivity index (χ3n) is 2.51. The zero-order valence-corrected chi connectivity index (χ0v) is 12.8. The number of halogens is 2. The highest BCUT2D eigenvalue weighted by Crippen LogP contribution is 2.25. The Kier molecular flexibility index (Phi) is 4.95. The average molecular weight is 342 g/mol. The molecule has 5 nitrogen and oxygen atoms in total. The van der Waals surface area contributed by atoms with Crippen molar-refractivity contribution >= 4 is 57.6 Å². The predicted octanol–water partition coefficient (Wildman–Crippen LogP) is 4.71. The normalized spacial score (nSPS) is 10.0. The summed E-state index contributed by atoms with van der Waals surface area (Å²) in [7, 11) is 0. The van der Waals surface area contributed by atoms with Crippen LogP contribution in [-0.4, -0.2) is 10.0 Å². The molecule has 0 aromatic heterocycles. The third-order valence-corrected chi connectivity index (χ3v) is 3.28. The lowest BCUT2D eigenvalue weighted by Gasteiger charge is -2.11. The number of rotatable bonds is 3. The summed E-state index contributed by atoms with van der Waals surface area (Å²) in [5, 5.41) is 17.7.